The fourth-order valence-corrected chi connectivity index (χ4v) is 3.03. The van der Waals surface area contributed by atoms with E-state index in [4.69, 9.17) is 0 Å². The van der Waals surface area contributed by atoms with Crippen molar-refractivity contribution in [3.63, 3.8) is 0 Å². The number of rotatable bonds is 4. The highest BCUT2D eigenvalue weighted by atomic mass is 16.3. The van der Waals surface area contributed by atoms with Crippen molar-refractivity contribution in [3.8, 4) is 5.75 Å². The van der Waals surface area contributed by atoms with Gasteiger partial charge in [0, 0.05) is 5.69 Å². The molecule has 0 saturated heterocycles. The second-order valence-electron chi connectivity index (χ2n) is 6.27. The van der Waals surface area contributed by atoms with E-state index in [9.17, 15) is 9.90 Å². The minimum Gasteiger partial charge on any atom is -0.508 e. The number of benzene rings is 2. The van der Waals surface area contributed by atoms with Gasteiger partial charge in [0.05, 0.1) is 43.5 Å². The summed E-state index contributed by atoms with van der Waals surface area (Å²) in [6.45, 7) is 1.68. The fourth-order valence-electron chi connectivity index (χ4n) is 3.03. The predicted octanol–water partition coefficient (Wildman–Crippen LogP) is 0.0957. The number of phenols is 1. The number of pyridine rings is 1. The molecule has 0 atom stereocenters. The van der Waals surface area contributed by atoms with E-state index in [2.05, 4.69) is 29.7 Å². The second-order valence-corrected chi connectivity index (χ2v) is 6.27. The average molecular weight is 324 g/mol. The topological polar surface area (TPSA) is 84.0 Å². The molecule has 0 radical (unpaired) electrons. The van der Waals surface area contributed by atoms with E-state index in [-0.39, 0.29) is 11.2 Å². The Morgan fingerprint density at radius 2 is 2.08 bits per heavy atom. The van der Waals surface area contributed by atoms with Crippen molar-refractivity contribution < 1.29 is 10.0 Å². The first-order valence-electron chi connectivity index (χ1n) is 7.85. The Balaban J connectivity index is 2.02. The highest BCUT2D eigenvalue weighted by molar-refractivity contribution is 6.06. The molecule has 0 aliphatic carbocycles. The molecule has 7 heteroatoms. The van der Waals surface area contributed by atoms with Crippen LogP contribution in [0, 0.1) is 0 Å². The highest BCUT2D eigenvalue weighted by Gasteiger charge is 2.17. The van der Waals surface area contributed by atoms with E-state index in [0.29, 0.717) is 27.3 Å². The lowest BCUT2D eigenvalue weighted by molar-refractivity contribution is -0.856. The lowest BCUT2D eigenvalue weighted by Gasteiger charge is -2.12. The van der Waals surface area contributed by atoms with Crippen LogP contribution < -0.4 is 15.6 Å². The van der Waals surface area contributed by atoms with Gasteiger partial charge in [-0.2, -0.15) is 0 Å². The lowest BCUT2D eigenvalue weighted by Crippen LogP contribution is -3.06. The third-order valence-corrected chi connectivity index (χ3v) is 4.23. The van der Waals surface area contributed by atoms with Gasteiger partial charge in [0.15, 0.2) is 5.43 Å². The van der Waals surface area contributed by atoms with Crippen molar-refractivity contribution in [2.24, 2.45) is 0 Å². The Morgan fingerprint density at radius 3 is 2.88 bits per heavy atom. The molecule has 2 aromatic carbocycles. The molecule has 122 valence electrons. The molecule has 3 N–H and O–H groups in total. The molecule has 4 aromatic rings. The Hall–Kier alpha value is -2.93. The Labute approximate surface area is 137 Å². The SMILES string of the molecule is C[NH+](C)CCNc1ccc2nnn3c4ccc(O)cc4c(=O)c1c23. The average Bonchev–Trinajstić information content (AvgIpc) is 2.97. The quantitative estimate of drug-likeness (QED) is 0.464. The van der Waals surface area contributed by atoms with Gasteiger partial charge in [-0.05, 0) is 30.3 Å². The van der Waals surface area contributed by atoms with Crippen molar-refractivity contribution in [3.05, 3.63) is 40.6 Å². The molecule has 4 rings (SSSR count). The van der Waals surface area contributed by atoms with Crippen molar-refractivity contribution in [2.75, 3.05) is 32.5 Å². The molecule has 24 heavy (non-hydrogen) atoms. The molecule has 0 amide bonds. The van der Waals surface area contributed by atoms with E-state index in [1.54, 1.807) is 16.6 Å². The molecule has 0 aliphatic rings. The van der Waals surface area contributed by atoms with Gasteiger partial charge in [0.1, 0.15) is 16.8 Å². The maximum atomic E-state index is 13.0. The summed E-state index contributed by atoms with van der Waals surface area (Å²) in [5.74, 6) is 0.0588. The fraction of sp³-hybridized carbons (Fsp3) is 0.235. The molecule has 0 unspecified atom stereocenters. The smallest absolute Gasteiger partial charge is 0.199 e. The molecule has 0 spiro atoms. The minimum absolute atomic E-state index is 0.0588. The van der Waals surface area contributed by atoms with Gasteiger partial charge in [0.25, 0.3) is 0 Å². The number of hydrogen-bond acceptors (Lipinski definition) is 5. The molecular formula is C17H18N5O2+. The number of aromatic hydroxyl groups is 1. The number of aromatic nitrogens is 3. The van der Waals surface area contributed by atoms with Gasteiger partial charge in [-0.3, -0.25) is 4.79 Å². The molecule has 2 heterocycles. The third-order valence-electron chi connectivity index (χ3n) is 4.23. The Bertz CT molecular complexity index is 1100. The number of fused-ring (bicyclic) bond motifs is 2. The normalized spacial score (nSPS) is 12.0. The summed E-state index contributed by atoms with van der Waals surface area (Å²) < 4.78 is 1.67. The van der Waals surface area contributed by atoms with Crippen LogP contribution in [0.25, 0.3) is 27.3 Å². The first-order valence-corrected chi connectivity index (χ1v) is 7.85. The molecule has 0 aliphatic heterocycles. The van der Waals surface area contributed by atoms with Gasteiger partial charge in [-0.1, -0.05) is 5.21 Å². The van der Waals surface area contributed by atoms with E-state index >= 15 is 0 Å². The number of quaternary nitrogens is 1. The van der Waals surface area contributed by atoms with Gasteiger partial charge in [0.2, 0.25) is 0 Å². The Kier molecular flexibility index (Phi) is 3.24. The summed E-state index contributed by atoms with van der Waals surface area (Å²) in [5, 5.41) is 22.4. The summed E-state index contributed by atoms with van der Waals surface area (Å²) >= 11 is 0. The molecule has 2 aromatic heterocycles. The van der Waals surface area contributed by atoms with E-state index in [1.807, 2.05) is 12.1 Å². The Morgan fingerprint density at radius 1 is 1.25 bits per heavy atom. The van der Waals surface area contributed by atoms with Crippen LogP contribution >= 0.6 is 0 Å². The van der Waals surface area contributed by atoms with Gasteiger partial charge >= 0.3 is 0 Å². The maximum Gasteiger partial charge on any atom is 0.199 e. The van der Waals surface area contributed by atoms with Crippen LogP contribution in [-0.2, 0) is 0 Å². The molecule has 0 bridgehead atoms. The summed E-state index contributed by atoms with van der Waals surface area (Å²) in [6, 6.07) is 8.45. The minimum atomic E-state index is -0.124. The van der Waals surface area contributed by atoms with Crippen LogP contribution in [-0.4, -0.2) is 47.1 Å². The van der Waals surface area contributed by atoms with E-state index < -0.39 is 0 Å². The highest BCUT2D eigenvalue weighted by Crippen LogP contribution is 2.28. The summed E-state index contributed by atoms with van der Waals surface area (Å²) in [5.41, 5.74) is 2.68. The van der Waals surface area contributed by atoms with Crippen molar-refractivity contribution in [1.82, 2.24) is 14.8 Å². The summed E-state index contributed by atoms with van der Waals surface area (Å²) in [4.78, 5) is 14.4. The van der Waals surface area contributed by atoms with Crippen LogP contribution in [0.4, 0.5) is 5.69 Å². The van der Waals surface area contributed by atoms with Crippen LogP contribution in [0.3, 0.4) is 0 Å². The zero-order valence-electron chi connectivity index (χ0n) is 13.5. The molecule has 0 fully saturated rings. The largest absolute Gasteiger partial charge is 0.508 e. The molecular weight excluding hydrogens is 306 g/mol. The van der Waals surface area contributed by atoms with Crippen LogP contribution in [0.1, 0.15) is 0 Å². The van der Waals surface area contributed by atoms with Crippen molar-refractivity contribution in [2.45, 2.75) is 0 Å². The number of anilines is 1. The first kappa shape index (κ1) is 14.6. The number of nitrogens with zero attached hydrogens (tertiary/aromatic N) is 3. The maximum absolute atomic E-state index is 13.0. The number of likely N-dealkylation sites (N-methyl/N-ethyl adjacent to an activating group) is 1. The predicted molar refractivity (Wildman–Crippen MR) is 93.3 cm³/mol. The van der Waals surface area contributed by atoms with E-state index in [0.717, 1.165) is 18.8 Å². The van der Waals surface area contributed by atoms with Crippen LogP contribution in [0.15, 0.2) is 35.1 Å². The monoisotopic (exact) mass is 324 g/mol. The zero-order valence-corrected chi connectivity index (χ0v) is 13.5. The van der Waals surface area contributed by atoms with Crippen molar-refractivity contribution >= 4 is 33.0 Å². The molecule has 0 saturated carbocycles. The lowest BCUT2D eigenvalue weighted by atomic mass is 10.1. The summed E-state index contributed by atoms with van der Waals surface area (Å²) in [7, 11) is 4.16. The zero-order chi connectivity index (χ0) is 16.8. The number of nitrogens with one attached hydrogen (secondary N) is 2. The van der Waals surface area contributed by atoms with Gasteiger partial charge < -0.3 is 15.3 Å². The van der Waals surface area contributed by atoms with Crippen LogP contribution in [0.2, 0.25) is 0 Å². The van der Waals surface area contributed by atoms with Gasteiger partial charge in [-0.15, -0.1) is 5.10 Å². The number of hydrogen-bond donors (Lipinski definition) is 3. The molecule has 7 nitrogen and oxygen atoms in total. The second kappa shape index (κ2) is 5.31. The van der Waals surface area contributed by atoms with Crippen LogP contribution in [0.5, 0.6) is 5.75 Å². The first-order chi connectivity index (χ1) is 11.6. The standard InChI is InChI=1S/C17H17N5O2/c1-21(2)8-7-18-12-4-5-13-16-15(12)17(24)11-9-10(23)3-6-14(11)22(16)20-19-13/h3-6,9,18,23H,7-8H2,1-2H3/p+1. The third kappa shape index (κ3) is 2.13. The van der Waals surface area contributed by atoms with Crippen molar-refractivity contribution in [1.29, 1.82) is 0 Å². The van der Waals surface area contributed by atoms with Gasteiger partial charge in [-0.25, -0.2) is 4.52 Å². The summed E-state index contributed by atoms with van der Waals surface area (Å²) in [6.07, 6.45) is 0. The number of phenolic OH excluding ortho intramolecular Hbond substituents is 1. The van der Waals surface area contributed by atoms with E-state index in [1.165, 1.54) is 11.0 Å².